The summed E-state index contributed by atoms with van der Waals surface area (Å²) in [5, 5.41) is 0. The molecule has 2 unspecified atom stereocenters. The van der Waals surface area contributed by atoms with Crippen molar-refractivity contribution in [3.63, 3.8) is 0 Å². The van der Waals surface area contributed by atoms with E-state index in [1.807, 2.05) is 0 Å². The van der Waals surface area contributed by atoms with Crippen LogP contribution in [0.25, 0.3) is 0 Å². The average Bonchev–Trinajstić information content (AvgIpc) is 2.89. The number of carbonyl (C=O) groups excluding carboxylic acids is 1. The van der Waals surface area contributed by atoms with E-state index < -0.39 is 0 Å². The van der Waals surface area contributed by atoms with E-state index in [0.29, 0.717) is 24.3 Å². The van der Waals surface area contributed by atoms with Gasteiger partial charge in [-0.15, -0.1) is 12.4 Å². The molecule has 1 aromatic rings. The van der Waals surface area contributed by atoms with Crippen LogP contribution in [-0.2, 0) is 11.2 Å². The molecule has 2 atom stereocenters. The maximum Gasteiger partial charge on any atom is 0.222 e. The lowest BCUT2D eigenvalue weighted by molar-refractivity contribution is -0.132. The molecule has 0 bridgehead atoms. The van der Waals surface area contributed by atoms with Gasteiger partial charge in [0.15, 0.2) is 0 Å². The molecule has 130 valence electrons. The number of halogens is 1. The van der Waals surface area contributed by atoms with Crippen molar-refractivity contribution in [2.75, 3.05) is 13.1 Å². The van der Waals surface area contributed by atoms with Gasteiger partial charge in [0.1, 0.15) is 0 Å². The van der Waals surface area contributed by atoms with Gasteiger partial charge in [0, 0.05) is 19.0 Å². The second kappa shape index (κ2) is 10.7. The molecule has 2 rings (SSSR count). The Hall–Kier alpha value is -1.06. The summed E-state index contributed by atoms with van der Waals surface area (Å²) in [4.78, 5) is 14.5. The number of unbranched alkanes of at least 4 members (excludes halogenated alkanes) is 3. The lowest BCUT2D eigenvalue weighted by Crippen LogP contribution is -2.36. The molecule has 4 heteroatoms. The van der Waals surface area contributed by atoms with E-state index in [2.05, 4.69) is 42.2 Å². The van der Waals surface area contributed by atoms with E-state index >= 15 is 0 Å². The van der Waals surface area contributed by atoms with Crippen LogP contribution in [0.15, 0.2) is 30.3 Å². The number of nitrogens with two attached hydrogens (primary N) is 1. The fourth-order valence-corrected chi connectivity index (χ4v) is 3.46. The van der Waals surface area contributed by atoms with E-state index in [0.717, 1.165) is 51.6 Å². The predicted molar refractivity (Wildman–Crippen MR) is 98.8 cm³/mol. The molecule has 1 saturated heterocycles. The van der Waals surface area contributed by atoms with E-state index in [-0.39, 0.29) is 12.4 Å². The molecule has 0 saturated carbocycles. The van der Waals surface area contributed by atoms with Gasteiger partial charge in [0.05, 0.1) is 0 Å². The average molecular weight is 339 g/mol. The normalized spacial score (nSPS) is 20.3. The topological polar surface area (TPSA) is 46.3 Å². The smallest absolute Gasteiger partial charge is 0.222 e. The Bertz CT molecular complexity index is 452. The first-order chi connectivity index (χ1) is 10.7. The highest BCUT2D eigenvalue weighted by Crippen LogP contribution is 2.28. The van der Waals surface area contributed by atoms with Crippen LogP contribution in [0, 0.1) is 5.92 Å². The molecule has 3 nitrogen and oxygen atoms in total. The van der Waals surface area contributed by atoms with Crippen molar-refractivity contribution in [2.45, 2.75) is 57.9 Å². The molecule has 23 heavy (non-hydrogen) atoms. The number of hydrogen-bond acceptors (Lipinski definition) is 2. The van der Waals surface area contributed by atoms with Crippen LogP contribution in [0.4, 0.5) is 0 Å². The first kappa shape index (κ1) is 20.0. The largest absolute Gasteiger partial charge is 0.340 e. The molecule has 2 N–H and O–H groups in total. The summed E-state index contributed by atoms with van der Waals surface area (Å²) in [6.07, 6.45) is 7.28. The van der Waals surface area contributed by atoms with Crippen LogP contribution in [0.1, 0.15) is 51.0 Å². The Labute approximate surface area is 147 Å². The Morgan fingerprint density at radius 2 is 1.87 bits per heavy atom. The van der Waals surface area contributed by atoms with Gasteiger partial charge in [-0.25, -0.2) is 0 Å². The summed E-state index contributed by atoms with van der Waals surface area (Å²) in [6, 6.07) is 11.0. The highest BCUT2D eigenvalue weighted by molar-refractivity contribution is 5.85. The highest BCUT2D eigenvalue weighted by atomic mass is 35.5. The summed E-state index contributed by atoms with van der Waals surface area (Å²) < 4.78 is 0. The van der Waals surface area contributed by atoms with E-state index in [4.69, 9.17) is 5.73 Å². The van der Waals surface area contributed by atoms with Gasteiger partial charge in [-0.3, -0.25) is 4.79 Å². The summed E-state index contributed by atoms with van der Waals surface area (Å²) >= 11 is 0. The number of rotatable bonds is 8. The fraction of sp³-hybridized carbons (Fsp3) is 0.632. The van der Waals surface area contributed by atoms with E-state index in [9.17, 15) is 4.79 Å². The zero-order valence-electron chi connectivity index (χ0n) is 14.2. The van der Waals surface area contributed by atoms with Crippen LogP contribution < -0.4 is 5.73 Å². The second-order valence-electron chi connectivity index (χ2n) is 6.52. The maximum absolute atomic E-state index is 12.4. The van der Waals surface area contributed by atoms with Crippen LogP contribution in [0.5, 0.6) is 0 Å². The first-order valence-corrected chi connectivity index (χ1v) is 8.76. The van der Waals surface area contributed by atoms with Crippen molar-refractivity contribution >= 4 is 18.3 Å². The van der Waals surface area contributed by atoms with Crippen molar-refractivity contribution in [3.8, 4) is 0 Å². The Balaban J connectivity index is 0.00000264. The summed E-state index contributed by atoms with van der Waals surface area (Å²) in [7, 11) is 0. The van der Waals surface area contributed by atoms with Crippen LogP contribution >= 0.6 is 12.4 Å². The van der Waals surface area contributed by atoms with E-state index in [1.165, 1.54) is 5.56 Å². The molecule has 1 amide bonds. The zero-order chi connectivity index (χ0) is 15.8. The molecule has 1 fully saturated rings. The number of amides is 1. The minimum Gasteiger partial charge on any atom is -0.340 e. The minimum absolute atomic E-state index is 0. The van der Waals surface area contributed by atoms with Crippen molar-refractivity contribution in [1.29, 1.82) is 0 Å². The predicted octanol–water partition coefficient (Wildman–Crippen LogP) is 3.80. The third kappa shape index (κ3) is 6.15. The van der Waals surface area contributed by atoms with Gasteiger partial charge in [-0.05, 0) is 50.6 Å². The SMILES string of the molecule is CC1C(Cc2ccccc2)CCN1C(=O)CCCCCCN.Cl. The van der Waals surface area contributed by atoms with Crippen molar-refractivity contribution < 1.29 is 4.79 Å². The maximum atomic E-state index is 12.4. The fourth-order valence-electron chi connectivity index (χ4n) is 3.46. The van der Waals surface area contributed by atoms with Gasteiger partial charge in [0.2, 0.25) is 5.91 Å². The molecular formula is C19H31ClN2O. The zero-order valence-corrected chi connectivity index (χ0v) is 15.1. The number of nitrogens with zero attached hydrogens (tertiary/aromatic N) is 1. The Kier molecular flexibility index (Phi) is 9.27. The lowest BCUT2D eigenvalue weighted by atomic mass is 9.93. The standard InChI is InChI=1S/C19H30N2O.ClH/c1-16-18(15-17-9-5-4-6-10-17)12-14-21(16)19(22)11-7-2-3-8-13-20;/h4-6,9-10,16,18H,2-3,7-8,11-15,20H2,1H3;1H. The number of likely N-dealkylation sites (tertiary alicyclic amines) is 1. The van der Waals surface area contributed by atoms with Gasteiger partial charge in [-0.1, -0.05) is 43.2 Å². The number of hydrogen-bond donors (Lipinski definition) is 1. The summed E-state index contributed by atoms with van der Waals surface area (Å²) in [5.74, 6) is 0.944. The van der Waals surface area contributed by atoms with E-state index in [1.54, 1.807) is 0 Å². The van der Waals surface area contributed by atoms with Crippen molar-refractivity contribution in [2.24, 2.45) is 11.7 Å². The van der Waals surface area contributed by atoms with Gasteiger partial charge in [0.25, 0.3) is 0 Å². The molecule has 0 aliphatic carbocycles. The Morgan fingerprint density at radius 3 is 2.57 bits per heavy atom. The molecule has 1 aliphatic heterocycles. The van der Waals surface area contributed by atoms with Crippen molar-refractivity contribution in [1.82, 2.24) is 4.90 Å². The minimum atomic E-state index is 0. The Morgan fingerprint density at radius 1 is 1.17 bits per heavy atom. The van der Waals surface area contributed by atoms with Crippen LogP contribution in [-0.4, -0.2) is 29.9 Å². The van der Waals surface area contributed by atoms with Crippen LogP contribution in [0.3, 0.4) is 0 Å². The molecule has 1 aromatic carbocycles. The number of benzene rings is 1. The summed E-state index contributed by atoms with van der Waals surface area (Å²) in [5.41, 5.74) is 6.88. The number of carbonyl (C=O) groups is 1. The molecule has 1 aliphatic rings. The lowest BCUT2D eigenvalue weighted by Gasteiger charge is -2.25. The van der Waals surface area contributed by atoms with Gasteiger partial charge >= 0.3 is 0 Å². The monoisotopic (exact) mass is 338 g/mol. The summed E-state index contributed by atoms with van der Waals surface area (Å²) in [6.45, 7) is 3.91. The molecular weight excluding hydrogens is 308 g/mol. The van der Waals surface area contributed by atoms with Gasteiger partial charge in [-0.2, -0.15) is 0 Å². The third-order valence-corrected chi connectivity index (χ3v) is 4.92. The molecule has 0 radical (unpaired) electrons. The second-order valence-corrected chi connectivity index (χ2v) is 6.52. The first-order valence-electron chi connectivity index (χ1n) is 8.76. The molecule has 1 heterocycles. The van der Waals surface area contributed by atoms with Crippen LogP contribution in [0.2, 0.25) is 0 Å². The molecule has 0 aromatic heterocycles. The van der Waals surface area contributed by atoms with Crippen molar-refractivity contribution in [3.05, 3.63) is 35.9 Å². The van der Waals surface area contributed by atoms with Gasteiger partial charge < -0.3 is 10.6 Å². The highest BCUT2D eigenvalue weighted by Gasteiger charge is 2.33. The third-order valence-electron chi connectivity index (χ3n) is 4.92. The quantitative estimate of drug-likeness (QED) is 0.733. The molecule has 0 spiro atoms.